The van der Waals surface area contributed by atoms with E-state index in [1.807, 2.05) is 12.1 Å². The molecule has 0 saturated carbocycles. The summed E-state index contributed by atoms with van der Waals surface area (Å²) in [5.41, 5.74) is 0.577. The Morgan fingerprint density at radius 1 is 1.54 bits per heavy atom. The third-order valence-electron chi connectivity index (χ3n) is 1.37. The van der Waals surface area contributed by atoms with E-state index >= 15 is 0 Å². The topological polar surface area (TPSA) is 33.0 Å². The van der Waals surface area contributed by atoms with E-state index in [0.29, 0.717) is 17.9 Å². The van der Waals surface area contributed by atoms with Crippen molar-refractivity contribution in [1.82, 2.24) is 0 Å². The molecule has 0 radical (unpaired) electrons. The van der Waals surface area contributed by atoms with Crippen LogP contribution in [0.4, 0.5) is 0 Å². The molecule has 0 heterocycles. The molecule has 0 saturated heterocycles. The van der Waals surface area contributed by atoms with Crippen LogP contribution in [0.5, 0.6) is 5.75 Å². The Morgan fingerprint density at radius 3 is 2.92 bits per heavy atom. The van der Waals surface area contributed by atoms with Gasteiger partial charge in [0.05, 0.1) is 11.6 Å². The van der Waals surface area contributed by atoms with E-state index in [4.69, 9.17) is 10.00 Å². The number of rotatable bonds is 3. The first kappa shape index (κ1) is 9.82. The van der Waals surface area contributed by atoms with Crippen LogP contribution in [0.3, 0.4) is 0 Å². The van der Waals surface area contributed by atoms with Crippen molar-refractivity contribution < 1.29 is 4.74 Å². The normalized spacial score (nSPS) is 8.92. The SMILES string of the molecule is C=CCOc1cc(Br)cc(C#N)c1. The summed E-state index contributed by atoms with van der Waals surface area (Å²) in [5, 5.41) is 8.67. The minimum atomic E-state index is 0.446. The van der Waals surface area contributed by atoms with Gasteiger partial charge in [-0.2, -0.15) is 5.26 Å². The first-order valence-electron chi connectivity index (χ1n) is 3.70. The summed E-state index contributed by atoms with van der Waals surface area (Å²) in [6, 6.07) is 7.28. The molecule has 2 nitrogen and oxygen atoms in total. The summed E-state index contributed by atoms with van der Waals surface area (Å²) in [7, 11) is 0. The van der Waals surface area contributed by atoms with Gasteiger partial charge >= 0.3 is 0 Å². The number of nitrogens with zero attached hydrogens (tertiary/aromatic N) is 1. The van der Waals surface area contributed by atoms with Crippen molar-refractivity contribution in [1.29, 1.82) is 5.26 Å². The van der Waals surface area contributed by atoms with Crippen LogP contribution in [-0.2, 0) is 0 Å². The highest BCUT2D eigenvalue weighted by molar-refractivity contribution is 9.10. The van der Waals surface area contributed by atoms with Crippen LogP contribution in [-0.4, -0.2) is 6.61 Å². The molecule has 1 aromatic rings. The summed E-state index contributed by atoms with van der Waals surface area (Å²) in [5.74, 6) is 0.672. The van der Waals surface area contributed by atoms with Gasteiger partial charge in [-0.1, -0.05) is 28.6 Å². The fraction of sp³-hybridized carbons (Fsp3) is 0.100. The molecule has 0 aliphatic rings. The molecule has 0 aromatic heterocycles. The van der Waals surface area contributed by atoms with Gasteiger partial charge in [0.25, 0.3) is 0 Å². The Balaban J connectivity index is 2.89. The summed E-state index contributed by atoms with van der Waals surface area (Å²) in [6.07, 6.45) is 1.66. The lowest BCUT2D eigenvalue weighted by atomic mass is 10.2. The molecule has 0 N–H and O–H groups in total. The molecule has 1 rings (SSSR count). The number of halogens is 1. The van der Waals surface area contributed by atoms with Crippen LogP contribution >= 0.6 is 15.9 Å². The molecule has 0 bridgehead atoms. The third-order valence-corrected chi connectivity index (χ3v) is 1.83. The first-order chi connectivity index (χ1) is 6.26. The van der Waals surface area contributed by atoms with Crippen LogP contribution in [0.25, 0.3) is 0 Å². The Hall–Kier alpha value is -1.27. The molecular weight excluding hydrogens is 230 g/mol. The quantitative estimate of drug-likeness (QED) is 0.758. The van der Waals surface area contributed by atoms with Crippen LogP contribution in [0, 0.1) is 11.3 Å². The van der Waals surface area contributed by atoms with Gasteiger partial charge in [-0.05, 0) is 18.2 Å². The van der Waals surface area contributed by atoms with Crippen molar-refractivity contribution >= 4 is 15.9 Å². The number of hydrogen-bond acceptors (Lipinski definition) is 2. The number of ether oxygens (including phenoxy) is 1. The largest absolute Gasteiger partial charge is 0.489 e. The lowest BCUT2D eigenvalue weighted by Crippen LogP contribution is -1.93. The highest BCUT2D eigenvalue weighted by Crippen LogP contribution is 2.20. The number of hydrogen-bond donors (Lipinski definition) is 0. The van der Waals surface area contributed by atoms with Gasteiger partial charge in [-0.15, -0.1) is 0 Å². The zero-order valence-corrected chi connectivity index (χ0v) is 8.54. The Labute approximate surface area is 85.6 Å². The Bertz CT molecular complexity index is 354. The summed E-state index contributed by atoms with van der Waals surface area (Å²) >= 11 is 3.29. The Kier molecular flexibility index (Phi) is 3.53. The average molecular weight is 238 g/mol. The second-order valence-corrected chi connectivity index (χ2v) is 3.30. The fourth-order valence-corrected chi connectivity index (χ4v) is 1.34. The summed E-state index contributed by atoms with van der Waals surface area (Å²) in [4.78, 5) is 0. The molecule has 0 aliphatic heterocycles. The predicted molar refractivity (Wildman–Crippen MR) is 54.5 cm³/mol. The number of nitriles is 1. The molecule has 0 spiro atoms. The first-order valence-corrected chi connectivity index (χ1v) is 4.50. The summed E-state index contributed by atoms with van der Waals surface area (Å²) in [6.45, 7) is 3.98. The van der Waals surface area contributed by atoms with E-state index in [1.165, 1.54) is 0 Å². The van der Waals surface area contributed by atoms with Crippen LogP contribution < -0.4 is 4.74 Å². The molecule has 0 atom stereocenters. The lowest BCUT2D eigenvalue weighted by Gasteiger charge is -2.03. The molecule has 1 aromatic carbocycles. The molecule has 0 amide bonds. The van der Waals surface area contributed by atoms with Crippen molar-refractivity contribution in [2.75, 3.05) is 6.61 Å². The predicted octanol–water partition coefficient (Wildman–Crippen LogP) is 2.89. The monoisotopic (exact) mass is 237 g/mol. The zero-order chi connectivity index (χ0) is 9.68. The zero-order valence-electron chi connectivity index (χ0n) is 6.96. The molecular formula is C10H8BrNO. The second-order valence-electron chi connectivity index (χ2n) is 2.39. The standard InChI is InChI=1S/C10H8BrNO/c1-2-3-13-10-5-8(7-12)4-9(11)6-10/h2,4-6H,1,3H2. The van der Waals surface area contributed by atoms with Gasteiger partial charge in [0, 0.05) is 4.47 Å². The van der Waals surface area contributed by atoms with E-state index in [-0.39, 0.29) is 0 Å². The molecule has 0 aliphatic carbocycles. The third kappa shape index (κ3) is 2.92. The van der Waals surface area contributed by atoms with Crippen molar-refractivity contribution in [2.24, 2.45) is 0 Å². The van der Waals surface area contributed by atoms with E-state index in [9.17, 15) is 0 Å². The van der Waals surface area contributed by atoms with E-state index < -0.39 is 0 Å². The van der Waals surface area contributed by atoms with Gasteiger partial charge in [0.1, 0.15) is 12.4 Å². The van der Waals surface area contributed by atoms with Gasteiger partial charge in [-0.25, -0.2) is 0 Å². The van der Waals surface area contributed by atoms with Gasteiger partial charge in [0.15, 0.2) is 0 Å². The minimum Gasteiger partial charge on any atom is -0.489 e. The summed E-state index contributed by atoms with van der Waals surface area (Å²) < 4.78 is 6.12. The van der Waals surface area contributed by atoms with Gasteiger partial charge in [0.2, 0.25) is 0 Å². The fourth-order valence-electron chi connectivity index (χ4n) is 0.866. The molecule has 3 heteroatoms. The highest BCUT2D eigenvalue weighted by Gasteiger charge is 1.98. The second kappa shape index (κ2) is 4.68. The molecule has 0 fully saturated rings. The maximum absolute atomic E-state index is 8.67. The van der Waals surface area contributed by atoms with E-state index in [2.05, 4.69) is 22.5 Å². The highest BCUT2D eigenvalue weighted by atomic mass is 79.9. The van der Waals surface area contributed by atoms with Crippen molar-refractivity contribution in [3.8, 4) is 11.8 Å². The smallest absolute Gasteiger partial charge is 0.122 e. The van der Waals surface area contributed by atoms with Gasteiger partial charge < -0.3 is 4.74 Å². The van der Waals surface area contributed by atoms with Crippen molar-refractivity contribution in [3.05, 3.63) is 40.9 Å². The van der Waals surface area contributed by atoms with Crippen molar-refractivity contribution in [2.45, 2.75) is 0 Å². The van der Waals surface area contributed by atoms with E-state index in [1.54, 1.807) is 18.2 Å². The average Bonchev–Trinajstić information content (AvgIpc) is 2.14. The maximum atomic E-state index is 8.67. The molecule has 13 heavy (non-hydrogen) atoms. The molecule has 66 valence electrons. The molecule has 0 unspecified atom stereocenters. The van der Waals surface area contributed by atoms with Crippen LogP contribution in [0.15, 0.2) is 35.3 Å². The van der Waals surface area contributed by atoms with Crippen LogP contribution in [0.2, 0.25) is 0 Å². The minimum absolute atomic E-state index is 0.446. The lowest BCUT2D eigenvalue weighted by molar-refractivity contribution is 0.363. The Morgan fingerprint density at radius 2 is 2.31 bits per heavy atom. The van der Waals surface area contributed by atoms with Crippen molar-refractivity contribution in [3.63, 3.8) is 0 Å². The van der Waals surface area contributed by atoms with E-state index in [0.717, 1.165) is 4.47 Å². The van der Waals surface area contributed by atoms with Gasteiger partial charge in [-0.3, -0.25) is 0 Å². The number of benzene rings is 1. The maximum Gasteiger partial charge on any atom is 0.122 e. The van der Waals surface area contributed by atoms with Crippen LogP contribution in [0.1, 0.15) is 5.56 Å².